The van der Waals surface area contributed by atoms with Crippen molar-refractivity contribution >= 4 is 29.5 Å². The number of aliphatic hydroxyl groups is 2. The zero-order chi connectivity index (χ0) is 28.1. The number of hydrogen-bond donors (Lipinski definition) is 2. The van der Waals surface area contributed by atoms with Gasteiger partial charge in [-0.15, -0.1) is 0 Å². The van der Waals surface area contributed by atoms with Crippen LogP contribution in [0.4, 0.5) is 0 Å². The van der Waals surface area contributed by atoms with Crippen molar-refractivity contribution in [2.24, 2.45) is 11.8 Å². The number of ether oxygens (including phenoxy) is 3. The van der Waals surface area contributed by atoms with Crippen molar-refractivity contribution in [2.45, 2.75) is 71.1 Å². The van der Waals surface area contributed by atoms with Gasteiger partial charge in [-0.25, -0.2) is 9.59 Å². The van der Waals surface area contributed by atoms with Crippen molar-refractivity contribution in [1.29, 1.82) is 0 Å². The molecule has 1 unspecified atom stereocenters. The van der Waals surface area contributed by atoms with Gasteiger partial charge in [-0.05, 0) is 44.1 Å². The summed E-state index contributed by atoms with van der Waals surface area (Å²) in [6, 6.07) is 7.83. The van der Waals surface area contributed by atoms with Crippen LogP contribution in [0.2, 0.25) is 0 Å². The van der Waals surface area contributed by atoms with Gasteiger partial charge in [-0.3, -0.25) is 4.79 Å². The minimum absolute atomic E-state index is 0.0240. The Kier molecular flexibility index (Phi) is 13.8. The first-order chi connectivity index (χ1) is 18.1. The zero-order valence-electron chi connectivity index (χ0n) is 22.6. The predicted molar refractivity (Wildman–Crippen MR) is 146 cm³/mol. The average molecular weight is 549 g/mol. The molecule has 1 aliphatic carbocycles. The molecule has 38 heavy (non-hydrogen) atoms. The molecule has 8 nitrogen and oxygen atoms in total. The number of carbonyl (C=O) groups excluding carboxylic acids is 3. The molecule has 0 aliphatic heterocycles. The third-order valence-corrected chi connectivity index (χ3v) is 7.01. The Bertz CT molecular complexity index is 973. The highest BCUT2D eigenvalue weighted by molar-refractivity contribution is 7.99. The first-order valence-electron chi connectivity index (χ1n) is 12.9. The van der Waals surface area contributed by atoms with Gasteiger partial charge in [0, 0.05) is 43.6 Å². The van der Waals surface area contributed by atoms with E-state index in [4.69, 9.17) is 14.2 Å². The molecule has 0 saturated heterocycles. The molecule has 1 aliphatic rings. The molecule has 0 heterocycles. The lowest BCUT2D eigenvalue weighted by Gasteiger charge is -2.18. The topological polar surface area (TPSA) is 119 Å². The van der Waals surface area contributed by atoms with Gasteiger partial charge in [-0.2, -0.15) is 11.8 Å². The summed E-state index contributed by atoms with van der Waals surface area (Å²) in [7, 11) is 1.64. The summed E-state index contributed by atoms with van der Waals surface area (Å²) in [5.74, 6) is -0.642. The van der Waals surface area contributed by atoms with Crippen LogP contribution in [0.15, 0.2) is 48.6 Å². The van der Waals surface area contributed by atoms with E-state index in [-0.39, 0.29) is 30.1 Å². The fourth-order valence-electron chi connectivity index (χ4n) is 4.27. The number of ketones is 1. The lowest BCUT2D eigenvalue weighted by Crippen LogP contribution is -2.27. The minimum atomic E-state index is -0.980. The quantitative estimate of drug-likeness (QED) is 0.147. The Hall–Kier alpha value is -2.46. The molecule has 0 radical (unpaired) electrons. The molecular weight excluding hydrogens is 508 g/mol. The summed E-state index contributed by atoms with van der Waals surface area (Å²) >= 11 is 1.55. The molecule has 5 atom stereocenters. The Labute approximate surface area is 229 Å². The van der Waals surface area contributed by atoms with E-state index in [1.165, 1.54) is 13.0 Å². The third-order valence-electron chi connectivity index (χ3n) is 6.05. The van der Waals surface area contributed by atoms with Crippen LogP contribution in [-0.2, 0) is 41.6 Å². The first kappa shape index (κ1) is 31.8. The van der Waals surface area contributed by atoms with Gasteiger partial charge < -0.3 is 24.4 Å². The van der Waals surface area contributed by atoms with Crippen LogP contribution < -0.4 is 0 Å². The summed E-state index contributed by atoms with van der Waals surface area (Å²) in [6.45, 7) is 5.40. The van der Waals surface area contributed by atoms with E-state index >= 15 is 0 Å². The standard InChI is InChI=1S/C29H40O8S/c1-19(2)36-29(34)20(3)37-28(33)9-6-13-38-14-12-25-24(26(31)17-27(25)32)11-10-23(30)16-21-7-5-8-22(15-21)18-35-4/h5-11,15,19-20,23-26,30-31H,12-14,16-18H2,1-4H3/b9-6+,11-10+/t20?,23-,24-,25-,26-/m1/s1. The van der Waals surface area contributed by atoms with Crippen LogP contribution in [0.3, 0.4) is 0 Å². The van der Waals surface area contributed by atoms with E-state index in [1.54, 1.807) is 50.9 Å². The summed E-state index contributed by atoms with van der Waals surface area (Å²) in [5, 5.41) is 20.9. The monoisotopic (exact) mass is 548 g/mol. The van der Waals surface area contributed by atoms with Crippen molar-refractivity contribution in [3.8, 4) is 0 Å². The fraction of sp³-hybridized carbons (Fsp3) is 0.552. The second kappa shape index (κ2) is 16.5. The highest BCUT2D eigenvalue weighted by atomic mass is 32.2. The number of methoxy groups -OCH3 is 1. The zero-order valence-corrected chi connectivity index (χ0v) is 23.4. The van der Waals surface area contributed by atoms with Gasteiger partial charge in [0.25, 0.3) is 0 Å². The second-order valence-electron chi connectivity index (χ2n) is 9.66. The molecule has 1 aromatic carbocycles. The van der Waals surface area contributed by atoms with Gasteiger partial charge in [-0.1, -0.05) is 42.5 Å². The fourth-order valence-corrected chi connectivity index (χ4v) is 5.09. The average Bonchev–Trinajstić information content (AvgIpc) is 3.11. The number of rotatable bonds is 15. The molecule has 1 aromatic rings. The molecule has 1 fully saturated rings. The summed E-state index contributed by atoms with van der Waals surface area (Å²) in [5.41, 5.74) is 2.01. The maximum Gasteiger partial charge on any atom is 0.347 e. The lowest BCUT2D eigenvalue weighted by atomic mass is 9.91. The van der Waals surface area contributed by atoms with Gasteiger partial charge in [0.1, 0.15) is 5.78 Å². The summed E-state index contributed by atoms with van der Waals surface area (Å²) in [4.78, 5) is 36.0. The van der Waals surface area contributed by atoms with E-state index < -0.39 is 30.3 Å². The normalized spacial score (nSPS) is 21.3. The van der Waals surface area contributed by atoms with Crippen LogP contribution >= 0.6 is 11.8 Å². The lowest BCUT2D eigenvalue weighted by molar-refractivity contribution is -0.166. The Morgan fingerprint density at radius 3 is 2.63 bits per heavy atom. The van der Waals surface area contributed by atoms with Crippen molar-refractivity contribution < 1.29 is 38.8 Å². The van der Waals surface area contributed by atoms with Crippen LogP contribution in [0, 0.1) is 11.8 Å². The van der Waals surface area contributed by atoms with E-state index in [2.05, 4.69) is 0 Å². The molecule has 2 N–H and O–H groups in total. The van der Waals surface area contributed by atoms with E-state index in [0.29, 0.717) is 31.0 Å². The smallest absolute Gasteiger partial charge is 0.347 e. The van der Waals surface area contributed by atoms with Crippen LogP contribution in [-0.4, -0.2) is 71.0 Å². The van der Waals surface area contributed by atoms with E-state index in [9.17, 15) is 24.6 Å². The van der Waals surface area contributed by atoms with Crippen molar-refractivity contribution in [2.75, 3.05) is 18.6 Å². The van der Waals surface area contributed by atoms with Crippen LogP contribution in [0.25, 0.3) is 0 Å². The van der Waals surface area contributed by atoms with Crippen LogP contribution in [0.5, 0.6) is 0 Å². The molecule has 0 spiro atoms. The Balaban J connectivity index is 1.78. The largest absolute Gasteiger partial charge is 0.460 e. The molecular formula is C29H40O8S. The van der Waals surface area contributed by atoms with Crippen molar-refractivity contribution in [3.63, 3.8) is 0 Å². The molecule has 2 rings (SSSR count). The van der Waals surface area contributed by atoms with Crippen molar-refractivity contribution in [1.82, 2.24) is 0 Å². The maximum atomic E-state index is 12.5. The van der Waals surface area contributed by atoms with Crippen LogP contribution in [0.1, 0.15) is 44.7 Å². The molecule has 0 aromatic heterocycles. The number of Topliss-reactive ketones (excluding diaryl/α,β-unsaturated/α-hetero) is 1. The molecule has 0 amide bonds. The number of benzene rings is 1. The third kappa shape index (κ3) is 11.1. The summed E-state index contributed by atoms with van der Waals surface area (Å²) in [6.07, 6.45) is 4.73. The Morgan fingerprint density at radius 2 is 1.92 bits per heavy atom. The first-order valence-corrected chi connectivity index (χ1v) is 14.1. The molecule has 1 saturated carbocycles. The molecule has 0 bridgehead atoms. The second-order valence-corrected chi connectivity index (χ2v) is 10.8. The number of esters is 2. The number of aliphatic hydroxyl groups excluding tert-OH is 2. The minimum Gasteiger partial charge on any atom is -0.460 e. The number of thioether (sulfide) groups is 1. The highest BCUT2D eigenvalue weighted by Gasteiger charge is 2.39. The van der Waals surface area contributed by atoms with Gasteiger partial charge in [0.2, 0.25) is 0 Å². The van der Waals surface area contributed by atoms with Gasteiger partial charge >= 0.3 is 11.9 Å². The molecule has 9 heteroatoms. The highest BCUT2D eigenvalue weighted by Crippen LogP contribution is 2.34. The number of carbonyl (C=O) groups is 3. The van der Waals surface area contributed by atoms with E-state index in [1.807, 2.05) is 24.3 Å². The van der Waals surface area contributed by atoms with Crippen molar-refractivity contribution in [3.05, 3.63) is 59.7 Å². The van der Waals surface area contributed by atoms with Gasteiger partial charge in [0.15, 0.2) is 6.10 Å². The molecule has 210 valence electrons. The maximum absolute atomic E-state index is 12.5. The van der Waals surface area contributed by atoms with Gasteiger partial charge in [0.05, 0.1) is 24.9 Å². The Morgan fingerprint density at radius 1 is 1.18 bits per heavy atom. The SMILES string of the molecule is COCc1cccc(C[C@H](O)/C=C/[C@H]2[C@H](O)CC(=O)[C@@H]2CCSC/C=C/C(=O)OC(C)C(=O)OC(C)C)c1. The predicted octanol–water partition coefficient (Wildman–Crippen LogP) is 3.42. The van der Waals surface area contributed by atoms with E-state index in [0.717, 1.165) is 11.1 Å². The summed E-state index contributed by atoms with van der Waals surface area (Å²) < 4.78 is 15.2. The number of hydrogen-bond acceptors (Lipinski definition) is 9.